The van der Waals surface area contributed by atoms with E-state index in [1.165, 1.54) is 87.0 Å². The van der Waals surface area contributed by atoms with Crippen molar-refractivity contribution in [2.45, 2.75) is 19.3 Å². The molecule has 0 aliphatic carbocycles. The summed E-state index contributed by atoms with van der Waals surface area (Å²) in [4.78, 5) is 2.47. The molecule has 2 nitrogen and oxygen atoms in total. The first-order valence-electron chi connectivity index (χ1n) is 16.6. The van der Waals surface area contributed by atoms with Gasteiger partial charge in [0, 0.05) is 47.7 Å². The highest BCUT2D eigenvalue weighted by atomic mass is 32.1. The van der Waals surface area contributed by atoms with Crippen LogP contribution in [0, 0.1) is 0 Å². The number of hydrogen-bond acceptors (Lipinski definition) is 2. The van der Waals surface area contributed by atoms with Gasteiger partial charge < -0.3 is 9.47 Å². The number of fused-ring (bicyclic) bond motifs is 9. The molecule has 0 bridgehead atoms. The minimum Gasteiger partial charge on any atom is -0.310 e. The third-order valence-corrected chi connectivity index (χ3v) is 11.5. The number of nitrogens with zero attached hydrogens (tertiary/aromatic N) is 2. The first-order chi connectivity index (χ1) is 23.6. The Morgan fingerprint density at radius 3 is 1.81 bits per heavy atom. The van der Waals surface area contributed by atoms with E-state index in [2.05, 4.69) is 181 Å². The third kappa shape index (κ3) is 3.85. The summed E-state index contributed by atoms with van der Waals surface area (Å²) < 4.78 is 5.07. The molecule has 0 N–H and O–H groups in total. The van der Waals surface area contributed by atoms with Gasteiger partial charge in [0.1, 0.15) is 0 Å². The summed E-state index contributed by atoms with van der Waals surface area (Å²) in [5.74, 6) is 0. The highest BCUT2D eigenvalue weighted by molar-refractivity contribution is 7.25. The first kappa shape index (κ1) is 27.5. The quantitative estimate of drug-likeness (QED) is 0.188. The lowest BCUT2D eigenvalue weighted by Gasteiger charge is -2.42. The number of aromatic nitrogens is 1. The fourth-order valence-corrected chi connectivity index (χ4v) is 9.27. The van der Waals surface area contributed by atoms with Crippen molar-refractivity contribution < 1.29 is 0 Å². The lowest BCUT2D eigenvalue weighted by atomic mass is 9.71. The molecule has 228 valence electrons. The fourth-order valence-electron chi connectivity index (χ4n) is 8.16. The topological polar surface area (TPSA) is 8.17 Å². The van der Waals surface area contributed by atoms with Crippen LogP contribution in [0.15, 0.2) is 158 Å². The molecule has 1 aliphatic rings. The van der Waals surface area contributed by atoms with Gasteiger partial charge in [0.25, 0.3) is 0 Å². The van der Waals surface area contributed by atoms with E-state index in [4.69, 9.17) is 0 Å². The van der Waals surface area contributed by atoms with Gasteiger partial charge in [0.2, 0.25) is 0 Å². The number of hydrogen-bond donors (Lipinski definition) is 0. The van der Waals surface area contributed by atoms with Gasteiger partial charge in [-0.3, -0.25) is 0 Å². The molecule has 0 spiro atoms. The van der Waals surface area contributed by atoms with Crippen molar-refractivity contribution in [3.63, 3.8) is 0 Å². The largest absolute Gasteiger partial charge is 0.310 e. The first-order valence-corrected chi connectivity index (χ1v) is 17.4. The maximum Gasteiger partial charge on any atom is 0.0541 e. The van der Waals surface area contributed by atoms with Crippen molar-refractivity contribution in [1.29, 1.82) is 0 Å². The summed E-state index contributed by atoms with van der Waals surface area (Å²) >= 11 is 1.89. The summed E-state index contributed by atoms with van der Waals surface area (Å²) in [6, 6.07) is 57.9. The number of para-hydroxylation sites is 3. The molecule has 0 fully saturated rings. The van der Waals surface area contributed by atoms with Crippen molar-refractivity contribution in [3.05, 3.63) is 169 Å². The molecule has 0 saturated carbocycles. The molecule has 9 aromatic rings. The Labute approximate surface area is 283 Å². The van der Waals surface area contributed by atoms with E-state index >= 15 is 0 Å². The van der Waals surface area contributed by atoms with Gasteiger partial charge >= 0.3 is 0 Å². The number of anilines is 3. The minimum absolute atomic E-state index is 0.224. The summed E-state index contributed by atoms with van der Waals surface area (Å²) in [5, 5.41) is 5.29. The zero-order valence-electron chi connectivity index (χ0n) is 26.8. The molecule has 0 atom stereocenters. The minimum atomic E-state index is -0.224. The zero-order chi connectivity index (χ0) is 32.0. The second kappa shape index (κ2) is 10.2. The second-order valence-electron chi connectivity index (χ2n) is 13.4. The molecule has 0 amide bonds. The monoisotopic (exact) mass is 632 g/mol. The van der Waals surface area contributed by atoms with Gasteiger partial charge in [0.15, 0.2) is 0 Å². The SMILES string of the molecule is CC1(C)c2cc(-c3ccc(-n4c5ccccc5c5ccccc54)cc3)ccc2N(c2ccccc2)c2ccc3sc4ccccc4c3c21. The summed E-state index contributed by atoms with van der Waals surface area (Å²) in [6.07, 6.45) is 0. The summed E-state index contributed by atoms with van der Waals surface area (Å²) in [7, 11) is 0. The van der Waals surface area contributed by atoms with Crippen LogP contribution in [0.1, 0.15) is 25.0 Å². The highest BCUT2D eigenvalue weighted by Crippen LogP contribution is 2.56. The van der Waals surface area contributed by atoms with Gasteiger partial charge in [-0.15, -0.1) is 11.3 Å². The van der Waals surface area contributed by atoms with Crippen LogP contribution in [-0.4, -0.2) is 4.57 Å². The van der Waals surface area contributed by atoms with Crippen LogP contribution in [0.25, 0.3) is 58.8 Å². The van der Waals surface area contributed by atoms with Gasteiger partial charge in [-0.25, -0.2) is 0 Å². The van der Waals surface area contributed by atoms with Gasteiger partial charge in [-0.05, 0) is 89.0 Å². The summed E-state index contributed by atoms with van der Waals surface area (Å²) in [6.45, 7) is 4.82. The van der Waals surface area contributed by atoms with Gasteiger partial charge in [-0.1, -0.05) is 105 Å². The zero-order valence-corrected chi connectivity index (χ0v) is 27.6. The molecular weight excluding hydrogens is 601 g/mol. The maximum atomic E-state index is 2.47. The van der Waals surface area contributed by atoms with E-state index in [9.17, 15) is 0 Å². The fraction of sp³-hybridized carbons (Fsp3) is 0.0667. The van der Waals surface area contributed by atoms with E-state index in [0.717, 1.165) is 0 Å². The van der Waals surface area contributed by atoms with E-state index in [1.54, 1.807) is 0 Å². The van der Waals surface area contributed by atoms with Gasteiger partial charge in [0.05, 0.1) is 22.4 Å². The average molecular weight is 633 g/mol. The van der Waals surface area contributed by atoms with Crippen molar-refractivity contribution in [3.8, 4) is 16.8 Å². The van der Waals surface area contributed by atoms with Crippen LogP contribution in [0.2, 0.25) is 0 Å². The number of thiophene rings is 1. The molecule has 2 aromatic heterocycles. The van der Waals surface area contributed by atoms with Crippen molar-refractivity contribution in [2.24, 2.45) is 0 Å². The normalized spacial score (nSPS) is 13.8. The Hall–Kier alpha value is -5.64. The van der Waals surface area contributed by atoms with Crippen molar-refractivity contribution in [1.82, 2.24) is 4.57 Å². The molecule has 7 aromatic carbocycles. The standard InChI is InChI=1S/C45H32N2S/c1-45(2)36-28-30(29-20-23-32(24-21-29)46-37-17-9-6-14-33(37)34-15-7-10-18-38(34)46)22-25-39(36)47(31-12-4-3-5-13-31)40-26-27-42-43(44(40)45)35-16-8-11-19-41(35)48-42/h3-28H,1-2H3. The molecule has 1 aliphatic heterocycles. The predicted molar refractivity (Wildman–Crippen MR) is 206 cm³/mol. The van der Waals surface area contributed by atoms with Crippen LogP contribution in [0.3, 0.4) is 0 Å². The van der Waals surface area contributed by atoms with Crippen LogP contribution >= 0.6 is 11.3 Å². The third-order valence-electron chi connectivity index (χ3n) is 10.4. The molecule has 0 saturated heterocycles. The maximum absolute atomic E-state index is 2.47. The Bertz CT molecular complexity index is 2640. The highest BCUT2D eigenvalue weighted by Gasteiger charge is 2.39. The molecule has 3 heterocycles. The Balaban J connectivity index is 1.15. The lowest BCUT2D eigenvalue weighted by molar-refractivity contribution is 0.639. The van der Waals surface area contributed by atoms with Crippen molar-refractivity contribution in [2.75, 3.05) is 4.90 Å². The van der Waals surface area contributed by atoms with Crippen LogP contribution in [0.4, 0.5) is 17.1 Å². The lowest BCUT2D eigenvalue weighted by Crippen LogP contribution is -2.31. The van der Waals surface area contributed by atoms with Crippen molar-refractivity contribution >= 4 is 70.4 Å². The molecular formula is C45H32N2S. The van der Waals surface area contributed by atoms with Crippen LogP contribution in [0.5, 0.6) is 0 Å². The molecule has 0 unspecified atom stereocenters. The smallest absolute Gasteiger partial charge is 0.0541 e. The molecule has 48 heavy (non-hydrogen) atoms. The predicted octanol–water partition coefficient (Wildman–Crippen LogP) is 12.9. The average Bonchev–Trinajstić information content (AvgIpc) is 3.68. The second-order valence-corrected chi connectivity index (χ2v) is 14.5. The van der Waals surface area contributed by atoms with Crippen LogP contribution in [-0.2, 0) is 5.41 Å². The van der Waals surface area contributed by atoms with E-state index in [-0.39, 0.29) is 5.41 Å². The van der Waals surface area contributed by atoms with E-state index < -0.39 is 0 Å². The molecule has 0 radical (unpaired) electrons. The number of rotatable bonds is 3. The Morgan fingerprint density at radius 2 is 1.08 bits per heavy atom. The summed E-state index contributed by atoms with van der Waals surface area (Å²) in [5.41, 5.74) is 12.3. The Morgan fingerprint density at radius 1 is 0.479 bits per heavy atom. The molecule has 10 rings (SSSR count). The van der Waals surface area contributed by atoms with E-state index in [0.29, 0.717) is 0 Å². The van der Waals surface area contributed by atoms with Crippen LogP contribution < -0.4 is 4.90 Å². The van der Waals surface area contributed by atoms with Gasteiger partial charge in [-0.2, -0.15) is 0 Å². The Kier molecular flexibility index (Phi) is 5.82. The number of benzene rings is 7. The van der Waals surface area contributed by atoms with E-state index in [1.807, 2.05) is 11.3 Å². The molecule has 3 heteroatoms.